The summed E-state index contributed by atoms with van der Waals surface area (Å²) < 4.78 is 0. The first-order valence-corrected chi connectivity index (χ1v) is 6.16. The van der Waals surface area contributed by atoms with Gasteiger partial charge in [-0.3, -0.25) is 9.59 Å². The number of ketones is 1. The van der Waals surface area contributed by atoms with Crippen molar-refractivity contribution in [3.63, 3.8) is 0 Å². The standard InChI is InChI=1S/C14H19NO2/c1-10(2)15-7-6-14(9-13(15)17)5-4-12(16)11(3)8-14/h4-5,8,10H,6-7,9H2,1-3H3/t14-/m1/s1. The molecule has 2 aliphatic rings. The van der Waals surface area contributed by atoms with Crippen LogP contribution in [0.1, 0.15) is 33.6 Å². The average Bonchev–Trinajstić information content (AvgIpc) is 2.24. The first-order valence-electron chi connectivity index (χ1n) is 6.16. The Morgan fingerprint density at radius 1 is 1.35 bits per heavy atom. The third-order valence-electron chi connectivity index (χ3n) is 3.70. The molecule has 2 rings (SSSR count). The molecule has 3 nitrogen and oxygen atoms in total. The molecular weight excluding hydrogens is 214 g/mol. The molecule has 1 aliphatic heterocycles. The molecule has 0 saturated carbocycles. The fraction of sp³-hybridized carbons (Fsp3) is 0.571. The summed E-state index contributed by atoms with van der Waals surface area (Å²) in [6.07, 6.45) is 6.92. The summed E-state index contributed by atoms with van der Waals surface area (Å²) in [5, 5.41) is 0. The number of allylic oxidation sites excluding steroid dienone is 4. The number of hydrogen-bond donors (Lipinski definition) is 0. The minimum absolute atomic E-state index is 0.0642. The predicted molar refractivity (Wildman–Crippen MR) is 66.4 cm³/mol. The Bertz CT molecular complexity index is 420. The minimum atomic E-state index is -0.208. The molecule has 0 aromatic heterocycles. The van der Waals surface area contributed by atoms with Crippen LogP contribution >= 0.6 is 0 Å². The predicted octanol–water partition coefficient (Wildman–Crippen LogP) is 2.09. The molecule has 0 bridgehead atoms. The summed E-state index contributed by atoms with van der Waals surface area (Å²) in [5.41, 5.74) is 0.554. The van der Waals surface area contributed by atoms with Crippen molar-refractivity contribution in [1.82, 2.24) is 4.90 Å². The van der Waals surface area contributed by atoms with E-state index in [2.05, 4.69) is 0 Å². The largest absolute Gasteiger partial charge is 0.340 e. The Morgan fingerprint density at radius 2 is 2.06 bits per heavy atom. The van der Waals surface area contributed by atoms with E-state index in [-0.39, 0.29) is 23.1 Å². The van der Waals surface area contributed by atoms with Crippen molar-refractivity contribution in [3.8, 4) is 0 Å². The molecular formula is C14H19NO2. The Kier molecular flexibility index (Phi) is 2.94. The number of carbonyl (C=O) groups excluding carboxylic acids is 2. The van der Waals surface area contributed by atoms with Gasteiger partial charge in [-0.05, 0) is 38.8 Å². The van der Waals surface area contributed by atoms with Gasteiger partial charge in [0.2, 0.25) is 5.91 Å². The summed E-state index contributed by atoms with van der Waals surface area (Å²) >= 11 is 0. The van der Waals surface area contributed by atoms with Crippen LogP contribution in [0.2, 0.25) is 0 Å². The van der Waals surface area contributed by atoms with Crippen LogP contribution in [0.3, 0.4) is 0 Å². The quantitative estimate of drug-likeness (QED) is 0.695. The molecule has 0 N–H and O–H groups in total. The summed E-state index contributed by atoms with van der Waals surface area (Å²) in [4.78, 5) is 25.4. The highest BCUT2D eigenvalue weighted by Gasteiger charge is 2.38. The zero-order chi connectivity index (χ0) is 12.6. The third kappa shape index (κ3) is 2.19. The molecule has 1 spiro atoms. The Hall–Kier alpha value is -1.38. The van der Waals surface area contributed by atoms with Crippen molar-refractivity contribution >= 4 is 11.7 Å². The van der Waals surface area contributed by atoms with Crippen LogP contribution in [0.5, 0.6) is 0 Å². The highest BCUT2D eigenvalue weighted by atomic mass is 16.2. The number of rotatable bonds is 1. The van der Waals surface area contributed by atoms with Gasteiger partial charge >= 0.3 is 0 Å². The van der Waals surface area contributed by atoms with Crippen LogP contribution in [0.25, 0.3) is 0 Å². The number of piperidine rings is 1. The molecule has 1 heterocycles. The lowest BCUT2D eigenvalue weighted by molar-refractivity contribution is -0.137. The van der Waals surface area contributed by atoms with E-state index in [1.807, 2.05) is 37.8 Å². The van der Waals surface area contributed by atoms with Crippen LogP contribution in [0, 0.1) is 5.41 Å². The number of hydrogen-bond acceptors (Lipinski definition) is 2. The number of carbonyl (C=O) groups is 2. The smallest absolute Gasteiger partial charge is 0.223 e. The van der Waals surface area contributed by atoms with Gasteiger partial charge in [-0.2, -0.15) is 0 Å². The van der Waals surface area contributed by atoms with E-state index in [1.165, 1.54) is 0 Å². The van der Waals surface area contributed by atoms with E-state index in [0.29, 0.717) is 6.42 Å². The fourth-order valence-corrected chi connectivity index (χ4v) is 2.66. The van der Waals surface area contributed by atoms with Crippen LogP contribution in [-0.4, -0.2) is 29.2 Å². The molecule has 1 atom stereocenters. The van der Waals surface area contributed by atoms with Gasteiger partial charge in [-0.25, -0.2) is 0 Å². The molecule has 1 fully saturated rings. The van der Waals surface area contributed by atoms with E-state index in [9.17, 15) is 9.59 Å². The summed E-state index contributed by atoms with van der Waals surface area (Å²) in [6, 6.07) is 0.263. The maximum atomic E-state index is 12.1. The van der Waals surface area contributed by atoms with Gasteiger partial charge in [-0.1, -0.05) is 12.2 Å². The van der Waals surface area contributed by atoms with Crippen molar-refractivity contribution in [2.45, 2.75) is 39.7 Å². The van der Waals surface area contributed by atoms with Crippen molar-refractivity contribution in [1.29, 1.82) is 0 Å². The third-order valence-corrected chi connectivity index (χ3v) is 3.70. The van der Waals surface area contributed by atoms with Crippen molar-refractivity contribution in [2.75, 3.05) is 6.54 Å². The molecule has 3 heteroatoms. The maximum absolute atomic E-state index is 12.1. The van der Waals surface area contributed by atoms with E-state index < -0.39 is 0 Å². The summed E-state index contributed by atoms with van der Waals surface area (Å²) in [7, 11) is 0. The van der Waals surface area contributed by atoms with Crippen LogP contribution in [-0.2, 0) is 9.59 Å². The molecule has 0 unspecified atom stereocenters. The lowest BCUT2D eigenvalue weighted by Gasteiger charge is -2.40. The molecule has 1 aliphatic carbocycles. The van der Waals surface area contributed by atoms with Crippen molar-refractivity contribution in [2.24, 2.45) is 5.41 Å². The van der Waals surface area contributed by atoms with E-state index in [1.54, 1.807) is 6.08 Å². The van der Waals surface area contributed by atoms with Gasteiger partial charge in [0.25, 0.3) is 0 Å². The van der Waals surface area contributed by atoms with Crippen LogP contribution in [0.15, 0.2) is 23.8 Å². The van der Waals surface area contributed by atoms with Gasteiger partial charge in [0, 0.05) is 24.4 Å². The number of likely N-dealkylation sites (tertiary alicyclic amines) is 1. The second-order valence-corrected chi connectivity index (χ2v) is 5.37. The highest BCUT2D eigenvalue weighted by Crippen LogP contribution is 2.38. The van der Waals surface area contributed by atoms with Gasteiger partial charge in [0.15, 0.2) is 5.78 Å². The van der Waals surface area contributed by atoms with Gasteiger partial charge in [0.05, 0.1) is 0 Å². The van der Waals surface area contributed by atoms with Gasteiger partial charge in [0.1, 0.15) is 0 Å². The Labute approximate surface area is 102 Å². The topological polar surface area (TPSA) is 37.4 Å². The molecule has 1 amide bonds. The summed E-state index contributed by atoms with van der Waals surface area (Å²) in [6.45, 7) is 6.68. The van der Waals surface area contributed by atoms with Crippen LogP contribution < -0.4 is 0 Å². The average molecular weight is 233 g/mol. The normalized spacial score (nSPS) is 29.2. The zero-order valence-electron chi connectivity index (χ0n) is 10.7. The van der Waals surface area contributed by atoms with Crippen molar-refractivity contribution < 1.29 is 9.59 Å². The highest BCUT2D eigenvalue weighted by molar-refractivity contribution is 6.04. The summed E-state index contributed by atoms with van der Waals surface area (Å²) in [5.74, 6) is 0.253. The second kappa shape index (κ2) is 4.13. The first kappa shape index (κ1) is 12.1. The number of amides is 1. The minimum Gasteiger partial charge on any atom is -0.340 e. The Morgan fingerprint density at radius 3 is 2.59 bits per heavy atom. The van der Waals surface area contributed by atoms with Gasteiger partial charge < -0.3 is 4.90 Å². The van der Waals surface area contributed by atoms with E-state index in [4.69, 9.17) is 0 Å². The SMILES string of the molecule is CC1=C[C@@]2(C=CC1=O)CCN(C(C)C)C(=O)C2. The number of nitrogens with zero attached hydrogens (tertiary/aromatic N) is 1. The monoisotopic (exact) mass is 233 g/mol. The lowest BCUT2D eigenvalue weighted by Crippen LogP contribution is -2.46. The molecule has 0 aromatic carbocycles. The molecule has 92 valence electrons. The second-order valence-electron chi connectivity index (χ2n) is 5.37. The van der Waals surface area contributed by atoms with E-state index >= 15 is 0 Å². The van der Waals surface area contributed by atoms with Crippen molar-refractivity contribution in [3.05, 3.63) is 23.8 Å². The lowest BCUT2D eigenvalue weighted by atomic mass is 9.73. The zero-order valence-corrected chi connectivity index (χ0v) is 10.7. The first-order chi connectivity index (χ1) is 7.93. The molecule has 0 radical (unpaired) electrons. The molecule has 0 aromatic rings. The molecule has 1 saturated heterocycles. The Balaban J connectivity index is 2.19. The maximum Gasteiger partial charge on any atom is 0.223 e. The van der Waals surface area contributed by atoms with Gasteiger partial charge in [-0.15, -0.1) is 0 Å². The fourth-order valence-electron chi connectivity index (χ4n) is 2.66. The molecule has 17 heavy (non-hydrogen) atoms. The van der Waals surface area contributed by atoms with Crippen LogP contribution in [0.4, 0.5) is 0 Å². The van der Waals surface area contributed by atoms with E-state index in [0.717, 1.165) is 18.5 Å².